The van der Waals surface area contributed by atoms with E-state index in [1.165, 1.54) is 45.6 Å². The normalized spacial score (nSPS) is 11.2. The minimum Gasteiger partial charge on any atom is -0.497 e. The first-order chi connectivity index (χ1) is 15.4. The number of carbonyl (C=O) groups is 3. The van der Waals surface area contributed by atoms with Crippen LogP contribution in [0.3, 0.4) is 0 Å². The first-order valence-electron chi connectivity index (χ1n) is 9.60. The van der Waals surface area contributed by atoms with Crippen molar-refractivity contribution in [2.24, 2.45) is 0 Å². The Morgan fingerprint density at radius 2 is 1.69 bits per heavy atom. The molecule has 0 bridgehead atoms. The van der Waals surface area contributed by atoms with Crippen molar-refractivity contribution in [1.82, 2.24) is 0 Å². The largest absolute Gasteiger partial charge is 0.497 e. The summed E-state index contributed by atoms with van der Waals surface area (Å²) in [6, 6.07) is 14.1. The Kier molecular flexibility index (Phi) is 7.12. The highest BCUT2D eigenvalue weighted by Crippen LogP contribution is 2.29. The van der Waals surface area contributed by atoms with Crippen LogP contribution in [0.2, 0.25) is 0 Å². The summed E-state index contributed by atoms with van der Waals surface area (Å²) in [7, 11) is 2.98. The van der Waals surface area contributed by atoms with E-state index in [1.54, 1.807) is 36.4 Å². The van der Waals surface area contributed by atoms with E-state index in [-0.39, 0.29) is 11.3 Å². The van der Waals surface area contributed by atoms with Gasteiger partial charge in [-0.1, -0.05) is 0 Å². The van der Waals surface area contributed by atoms with E-state index in [4.69, 9.17) is 18.6 Å². The van der Waals surface area contributed by atoms with Gasteiger partial charge in [-0.15, -0.1) is 0 Å². The second-order valence-electron chi connectivity index (χ2n) is 6.61. The van der Waals surface area contributed by atoms with Crippen molar-refractivity contribution in [3.05, 3.63) is 72.2 Å². The molecule has 0 aliphatic heterocycles. The van der Waals surface area contributed by atoms with Crippen LogP contribution in [0.4, 0.5) is 11.4 Å². The molecule has 0 radical (unpaired) electrons. The van der Waals surface area contributed by atoms with Gasteiger partial charge in [-0.25, -0.2) is 4.79 Å². The lowest BCUT2D eigenvalue weighted by atomic mass is 10.2. The minimum absolute atomic E-state index is 0.168. The van der Waals surface area contributed by atoms with Crippen molar-refractivity contribution >= 4 is 29.2 Å². The molecule has 9 nitrogen and oxygen atoms in total. The summed E-state index contributed by atoms with van der Waals surface area (Å²) in [5.41, 5.74) is 1.08. The number of ether oxygens (including phenoxy) is 3. The fourth-order valence-electron chi connectivity index (χ4n) is 2.72. The topological polar surface area (TPSA) is 116 Å². The van der Waals surface area contributed by atoms with Crippen LogP contribution < -0.4 is 20.1 Å². The Labute approximate surface area is 184 Å². The molecule has 1 atom stereocenters. The van der Waals surface area contributed by atoms with Gasteiger partial charge >= 0.3 is 5.97 Å². The van der Waals surface area contributed by atoms with E-state index in [1.807, 2.05) is 0 Å². The number of nitrogens with one attached hydrogen (secondary N) is 2. The van der Waals surface area contributed by atoms with Gasteiger partial charge in [-0.2, -0.15) is 0 Å². The molecule has 0 saturated carbocycles. The van der Waals surface area contributed by atoms with Crippen molar-refractivity contribution in [2.45, 2.75) is 13.0 Å². The summed E-state index contributed by atoms with van der Waals surface area (Å²) in [4.78, 5) is 36.9. The molecule has 32 heavy (non-hydrogen) atoms. The lowest BCUT2D eigenvalue weighted by Crippen LogP contribution is -2.30. The van der Waals surface area contributed by atoms with E-state index in [0.29, 0.717) is 22.9 Å². The molecule has 1 unspecified atom stereocenters. The van der Waals surface area contributed by atoms with Gasteiger partial charge in [0.15, 0.2) is 11.9 Å². The third kappa shape index (κ3) is 5.45. The number of furan rings is 1. The lowest BCUT2D eigenvalue weighted by molar-refractivity contribution is -0.123. The number of methoxy groups -OCH3 is 2. The zero-order valence-corrected chi connectivity index (χ0v) is 17.7. The molecule has 9 heteroatoms. The summed E-state index contributed by atoms with van der Waals surface area (Å²) >= 11 is 0. The molecule has 1 aromatic heterocycles. The van der Waals surface area contributed by atoms with Crippen LogP contribution in [0, 0.1) is 0 Å². The van der Waals surface area contributed by atoms with Crippen LogP contribution in [0.15, 0.2) is 65.3 Å². The average Bonchev–Trinajstić information content (AvgIpc) is 3.34. The summed E-state index contributed by atoms with van der Waals surface area (Å²) < 4.78 is 20.7. The molecule has 0 saturated heterocycles. The van der Waals surface area contributed by atoms with Gasteiger partial charge in [0.1, 0.15) is 11.5 Å². The number of anilines is 2. The van der Waals surface area contributed by atoms with Gasteiger partial charge in [0.2, 0.25) is 0 Å². The lowest BCUT2D eigenvalue weighted by Gasteiger charge is -2.16. The number of carbonyl (C=O) groups excluding carboxylic acids is 3. The summed E-state index contributed by atoms with van der Waals surface area (Å²) in [6.45, 7) is 1.46. The first-order valence-corrected chi connectivity index (χ1v) is 9.60. The Morgan fingerprint density at radius 1 is 0.938 bits per heavy atom. The number of hydrogen-bond donors (Lipinski definition) is 2. The predicted molar refractivity (Wildman–Crippen MR) is 116 cm³/mol. The predicted octanol–water partition coefficient (Wildman–Crippen LogP) is 3.73. The number of hydrogen-bond acceptors (Lipinski definition) is 7. The van der Waals surface area contributed by atoms with E-state index >= 15 is 0 Å². The smallest absolute Gasteiger partial charge is 0.338 e. The third-order valence-corrected chi connectivity index (χ3v) is 4.44. The highest BCUT2D eigenvalue weighted by atomic mass is 16.5. The fraction of sp³-hybridized carbons (Fsp3) is 0.174. The maximum Gasteiger partial charge on any atom is 0.338 e. The molecular weight excluding hydrogens is 416 g/mol. The Hall–Kier alpha value is -4.27. The molecule has 166 valence electrons. The summed E-state index contributed by atoms with van der Waals surface area (Å²) in [5.74, 6) is -0.499. The van der Waals surface area contributed by atoms with Crippen LogP contribution >= 0.6 is 0 Å². The standard InChI is InChI=1S/C23H22N2O7/c1-14(21(26)25-18-13-17(29-2)10-11-19(18)30-3)32-23(28)15-6-8-16(9-7-15)24-22(27)20-5-4-12-31-20/h4-14H,1-3H3,(H,24,27)(H,25,26). The van der Waals surface area contributed by atoms with Crippen molar-refractivity contribution in [2.75, 3.05) is 24.9 Å². The van der Waals surface area contributed by atoms with Crippen molar-refractivity contribution in [3.8, 4) is 11.5 Å². The van der Waals surface area contributed by atoms with Gasteiger partial charge in [0.25, 0.3) is 11.8 Å². The number of rotatable bonds is 8. The maximum atomic E-state index is 12.5. The zero-order chi connectivity index (χ0) is 23.1. The van der Waals surface area contributed by atoms with Gasteiger partial charge in [-0.3, -0.25) is 9.59 Å². The Morgan fingerprint density at radius 3 is 2.31 bits per heavy atom. The molecule has 0 spiro atoms. The Bertz CT molecular complexity index is 1090. The fourth-order valence-corrected chi connectivity index (χ4v) is 2.72. The molecular formula is C23H22N2O7. The monoisotopic (exact) mass is 438 g/mol. The van der Waals surface area contributed by atoms with Crippen LogP contribution in [-0.2, 0) is 9.53 Å². The first kappa shape index (κ1) is 22.4. The number of amides is 2. The highest BCUT2D eigenvalue weighted by Gasteiger charge is 2.21. The highest BCUT2D eigenvalue weighted by molar-refractivity contribution is 6.02. The number of benzene rings is 2. The summed E-state index contributed by atoms with van der Waals surface area (Å²) in [6.07, 6.45) is 0.326. The van der Waals surface area contributed by atoms with E-state index in [2.05, 4.69) is 10.6 Å². The number of esters is 1. The van der Waals surface area contributed by atoms with Crippen LogP contribution in [-0.4, -0.2) is 38.1 Å². The zero-order valence-electron chi connectivity index (χ0n) is 17.7. The van der Waals surface area contributed by atoms with Crippen molar-refractivity contribution < 1.29 is 33.0 Å². The van der Waals surface area contributed by atoms with Crippen LogP contribution in [0.1, 0.15) is 27.8 Å². The molecule has 3 rings (SSSR count). The molecule has 1 heterocycles. The van der Waals surface area contributed by atoms with Crippen molar-refractivity contribution in [3.63, 3.8) is 0 Å². The quantitative estimate of drug-likeness (QED) is 0.515. The molecule has 0 fully saturated rings. The third-order valence-electron chi connectivity index (χ3n) is 4.44. The van der Waals surface area contributed by atoms with Gasteiger partial charge in [0, 0.05) is 11.8 Å². The van der Waals surface area contributed by atoms with Gasteiger partial charge in [0.05, 0.1) is 31.7 Å². The summed E-state index contributed by atoms with van der Waals surface area (Å²) in [5, 5.41) is 5.31. The molecule has 0 aliphatic carbocycles. The van der Waals surface area contributed by atoms with Gasteiger partial charge in [-0.05, 0) is 55.5 Å². The van der Waals surface area contributed by atoms with E-state index in [9.17, 15) is 14.4 Å². The molecule has 2 N–H and O–H groups in total. The maximum absolute atomic E-state index is 12.5. The van der Waals surface area contributed by atoms with Gasteiger partial charge < -0.3 is 29.3 Å². The minimum atomic E-state index is -1.07. The second-order valence-corrected chi connectivity index (χ2v) is 6.61. The SMILES string of the molecule is COc1ccc(OC)c(NC(=O)C(C)OC(=O)c2ccc(NC(=O)c3ccco3)cc2)c1. The van der Waals surface area contributed by atoms with Crippen LogP contribution in [0.5, 0.6) is 11.5 Å². The second kappa shape index (κ2) is 10.2. The van der Waals surface area contributed by atoms with E-state index in [0.717, 1.165) is 0 Å². The van der Waals surface area contributed by atoms with Crippen molar-refractivity contribution in [1.29, 1.82) is 0 Å². The Balaban J connectivity index is 1.59. The van der Waals surface area contributed by atoms with Crippen LogP contribution in [0.25, 0.3) is 0 Å². The van der Waals surface area contributed by atoms with E-state index < -0.39 is 23.9 Å². The molecule has 3 aromatic rings. The molecule has 2 aromatic carbocycles. The molecule has 0 aliphatic rings. The average molecular weight is 438 g/mol. The molecule has 2 amide bonds.